The third kappa shape index (κ3) is 3.57. The molecule has 5 rings (SSSR count). The molecule has 3 N–H and O–H groups in total. The highest BCUT2D eigenvalue weighted by Crippen LogP contribution is 2.39. The number of rotatable bonds is 5. The Morgan fingerprint density at radius 1 is 1.16 bits per heavy atom. The maximum atomic E-state index is 13.6. The van der Waals surface area contributed by atoms with E-state index in [1.54, 1.807) is 12.1 Å². The highest BCUT2D eigenvalue weighted by molar-refractivity contribution is 6.59. The number of hydrogen-bond acceptors (Lipinski definition) is 7. The SMILES string of the molecule is CC1Cc2c(B(O)O)cccc2N1c1nc(NCc2cccc(F)c2)c2c(n1)N(C)CC2. The number of fused-ring (bicyclic) bond motifs is 2. The minimum absolute atomic E-state index is 0.0609. The van der Waals surface area contributed by atoms with Gasteiger partial charge in [0.25, 0.3) is 0 Å². The molecular weight excluding hydrogens is 408 g/mol. The fraction of sp³-hybridized carbons (Fsp3) is 0.304. The molecule has 0 aliphatic carbocycles. The summed E-state index contributed by atoms with van der Waals surface area (Å²) in [7, 11) is 0.494. The van der Waals surface area contributed by atoms with Crippen LogP contribution in [0.25, 0.3) is 0 Å². The smallest absolute Gasteiger partial charge is 0.423 e. The number of nitrogens with zero attached hydrogens (tertiary/aromatic N) is 4. The van der Waals surface area contributed by atoms with Crippen molar-refractivity contribution in [3.8, 4) is 0 Å². The van der Waals surface area contributed by atoms with Crippen molar-refractivity contribution in [3.63, 3.8) is 0 Å². The Morgan fingerprint density at radius 2 is 1.97 bits per heavy atom. The number of likely N-dealkylation sites (N-methyl/N-ethyl adjacent to an activating group) is 1. The Labute approximate surface area is 186 Å². The van der Waals surface area contributed by atoms with Gasteiger partial charge < -0.3 is 25.2 Å². The minimum Gasteiger partial charge on any atom is -0.423 e. The van der Waals surface area contributed by atoms with Gasteiger partial charge in [-0.3, -0.25) is 0 Å². The van der Waals surface area contributed by atoms with Crippen LogP contribution in [0.3, 0.4) is 0 Å². The first-order chi connectivity index (χ1) is 15.4. The summed E-state index contributed by atoms with van der Waals surface area (Å²) in [6.07, 6.45) is 1.51. The third-order valence-corrected chi connectivity index (χ3v) is 6.26. The van der Waals surface area contributed by atoms with Crippen LogP contribution >= 0.6 is 0 Å². The second-order valence-corrected chi connectivity index (χ2v) is 8.47. The molecular formula is C23H25BFN5O2. The van der Waals surface area contributed by atoms with Crippen LogP contribution in [0.15, 0.2) is 42.5 Å². The van der Waals surface area contributed by atoms with Gasteiger partial charge in [-0.2, -0.15) is 9.97 Å². The first-order valence-corrected chi connectivity index (χ1v) is 10.8. The molecule has 32 heavy (non-hydrogen) atoms. The van der Waals surface area contributed by atoms with E-state index in [-0.39, 0.29) is 11.9 Å². The maximum Gasteiger partial charge on any atom is 0.488 e. The predicted molar refractivity (Wildman–Crippen MR) is 124 cm³/mol. The Morgan fingerprint density at radius 3 is 2.75 bits per heavy atom. The zero-order chi connectivity index (χ0) is 22.4. The number of nitrogens with one attached hydrogen (secondary N) is 1. The van der Waals surface area contributed by atoms with Crippen molar-refractivity contribution in [3.05, 3.63) is 65.0 Å². The molecule has 2 aromatic carbocycles. The number of anilines is 4. The van der Waals surface area contributed by atoms with E-state index in [0.717, 1.165) is 47.0 Å². The lowest BCUT2D eigenvalue weighted by molar-refractivity contribution is 0.425. The largest absolute Gasteiger partial charge is 0.488 e. The Bertz CT molecular complexity index is 1180. The Hall–Kier alpha value is -3.17. The maximum absolute atomic E-state index is 13.6. The van der Waals surface area contributed by atoms with Crippen molar-refractivity contribution in [1.82, 2.24) is 9.97 Å². The van der Waals surface area contributed by atoms with E-state index in [9.17, 15) is 14.4 Å². The van der Waals surface area contributed by atoms with Crippen molar-refractivity contribution in [1.29, 1.82) is 0 Å². The molecule has 3 heterocycles. The lowest BCUT2D eigenvalue weighted by Crippen LogP contribution is -2.32. The van der Waals surface area contributed by atoms with Crippen LogP contribution in [0.5, 0.6) is 0 Å². The Kier molecular flexibility index (Phi) is 5.23. The van der Waals surface area contributed by atoms with Crippen LogP contribution < -0.4 is 20.6 Å². The number of aromatic nitrogens is 2. The van der Waals surface area contributed by atoms with Gasteiger partial charge in [0.2, 0.25) is 5.95 Å². The van der Waals surface area contributed by atoms with E-state index >= 15 is 0 Å². The molecule has 7 nitrogen and oxygen atoms in total. The van der Waals surface area contributed by atoms with E-state index in [2.05, 4.69) is 22.0 Å². The van der Waals surface area contributed by atoms with Gasteiger partial charge in [0, 0.05) is 37.4 Å². The molecule has 0 radical (unpaired) electrons. The fourth-order valence-electron chi connectivity index (χ4n) is 4.69. The van der Waals surface area contributed by atoms with E-state index in [4.69, 9.17) is 9.97 Å². The molecule has 2 aliphatic rings. The molecule has 0 saturated heterocycles. The third-order valence-electron chi connectivity index (χ3n) is 6.26. The van der Waals surface area contributed by atoms with E-state index in [0.29, 0.717) is 24.4 Å². The quantitative estimate of drug-likeness (QED) is 0.531. The molecule has 9 heteroatoms. The summed E-state index contributed by atoms with van der Waals surface area (Å²) in [4.78, 5) is 13.9. The topological polar surface area (TPSA) is 84.8 Å². The van der Waals surface area contributed by atoms with Gasteiger partial charge in [-0.1, -0.05) is 24.3 Å². The Balaban J connectivity index is 1.54. The first-order valence-electron chi connectivity index (χ1n) is 10.8. The summed E-state index contributed by atoms with van der Waals surface area (Å²) in [6.45, 7) is 3.39. The van der Waals surface area contributed by atoms with E-state index in [1.807, 2.05) is 25.2 Å². The normalized spacial score (nSPS) is 16.8. The zero-order valence-corrected chi connectivity index (χ0v) is 18.1. The molecule has 0 spiro atoms. The molecule has 0 fully saturated rings. The number of benzene rings is 2. The molecule has 2 aliphatic heterocycles. The molecule has 3 aromatic rings. The standard InChI is InChI=1S/C23H25BFN5O2/c1-14-11-18-19(24(31)32)7-4-8-20(18)30(14)23-27-21(17-9-10-29(2)22(17)28-23)26-13-15-5-3-6-16(25)12-15/h3-8,12,14,31-32H,9-11,13H2,1-2H3,(H,26,27,28). The summed E-state index contributed by atoms with van der Waals surface area (Å²) in [6, 6.07) is 12.1. The molecule has 1 aromatic heterocycles. The average molecular weight is 433 g/mol. The van der Waals surface area contributed by atoms with Crippen LogP contribution in [0.2, 0.25) is 0 Å². The van der Waals surface area contributed by atoms with Gasteiger partial charge in [-0.05, 0) is 54.6 Å². The van der Waals surface area contributed by atoms with Gasteiger partial charge >= 0.3 is 7.12 Å². The molecule has 1 atom stereocenters. The van der Waals surface area contributed by atoms with Crippen molar-refractivity contribution in [2.75, 3.05) is 28.7 Å². The summed E-state index contributed by atoms with van der Waals surface area (Å²) in [5, 5.41) is 23.0. The van der Waals surface area contributed by atoms with Crippen LogP contribution in [0.1, 0.15) is 23.6 Å². The summed E-state index contributed by atoms with van der Waals surface area (Å²) in [5.41, 5.74) is 4.20. The lowest BCUT2D eigenvalue weighted by Gasteiger charge is -2.25. The average Bonchev–Trinajstić information content (AvgIpc) is 3.30. The fourth-order valence-corrected chi connectivity index (χ4v) is 4.69. The molecule has 164 valence electrons. The summed E-state index contributed by atoms with van der Waals surface area (Å²) in [5.74, 6) is 1.94. The predicted octanol–water partition coefficient (Wildman–Crippen LogP) is 1.98. The van der Waals surface area contributed by atoms with Gasteiger partial charge in [0.05, 0.1) is 0 Å². The van der Waals surface area contributed by atoms with Crippen LogP contribution in [0, 0.1) is 5.82 Å². The summed E-state index contributed by atoms with van der Waals surface area (Å²) >= 11 is 0. The van der Waals surface area contributed by atoms with Crippen molar-refractivity contribution >= 4 is 35.9 Å². The second kappa shape index (κ2) is 8.07. The van der Waals surface area contributed by atoms with E-state index < -0.39 is 7.12 Å². The van der Waals surface area contributed by atoms with E-state index in [1.165, 1.54) is 12.1 Å². The molecule has 1 unspecified atom stereocenters. The molecule has 0 amide bonds. The van der Waals surface area contributed by atoms with Crippen LogP contribution in [-0.4, -0.2) is 46.8 Å². The number of hydrogen-bond donors (Lipinski definition) is 3. The molecule has 0 saturated carbocycles. The lowest BCUT2D eigenvalue weighted by atomic mass is 9.76. The summed E-state index contributed by atoms with van der Waals surface area (Å²) < 4.78 is 13.6. The van der Waals surface area contributed by atoms with Gasteiger partial charge in [0.15, 0.2) is 0 Å². The number of halogens is 1. The van der Waals surface area contributed by atoms with Crippen LogP contribution in [-0.2, 0) is 19.4 Å². The highest BCUT2D eigenvalue weighted by Gasteiger charge is 2.34. The second-order valence-electron chi connectivity index (χ2n) is 8.47. The van der Waals surface area contributed by atoms with Crippen molar-refractivity contribution < 1.29 is 14.4 Å². The van der Waals surface area contributed by atoms with Gasteiger partial charge in [0.1, 0.15) is 17.5 Å². The molecule has 0 bridgehead atoms. The zero-order valence-electron chi connectivity index (χ0n) is 18.1. The van der Waals surface area contributed by atoms with Crippen molar-refractivity contribution in [2.45, 2.75) is 32.4 Å². The van der Waals surface area contributed by atoms with Gasteiger partial charge in [-0.15, -0.1) is 0 Å². The monoisotopic (exact) mass is 433 g/mol. The van der Waals surface area contributed by atoms with Gasteiger partial charge in [-0.25, -0.2) is 4.39 Å². The highest BCUT2D eigenvalue weighted by atomic mass is 19.1. The van der Waals surface area contributed by atoms with Crippen LogP contribution in [0.4, 0.5) is 27.7 Å². The first kappa shape index (κ1) is 20.7. The van der Waals surface area contributed by atoms with Crippen molar-refractivity contribution in [2.24, 2.45) is 0 Å². The minimum atomic E-state index is -1.52.